The molecule has 4 aromatic rings. The molecule has 3 aromatic heterocycles. The number of halogens is 2. The molecule has 0 saturated carbocycles. The van der Waals surface area contributed by atoms with Crippen molar-refractivity contribution in [3.8, 4) is 17.4 Å². The fourth-order valence-corrected chi connectivity index (χ4v) is 9.49. The minimum Gasteiger partial charge on any atom is -0.383 e. The van der Waals surface area contributed by atoms with Gasteiger partial charge in [-0.1, -0.05) is 53.2 Å². The van der Waals surface area contributed by atoms with E-state index in [2.05, 4.69) is 15.5 Å². The number of hydrogen-bond donors (Lipinski definition) is 2. The fraction of sp³-hybridized carbons (Fsp3) is 0.290. The van der Waals surface area contributed by atoms with Crippen molar-refractivity contribution in [3.05, 3.63) is 88.4 Å². The maximum Gasteiger partial charge on any atom is 0.273 e. The first-order chi connectivity index (χ1) is 21.6. The molecule has 2 bridgehead atoms. The maximum absolute atomic E-state index is 14.5. The van der Waals surface area contributed by atoms with Crippen LogP contribution in [0.5, 0.6) is 0 Å². The van der Waals surface area contributed by atoms with Gasteiger partial charge in [0.2, 0.25) is 16.0 Å². The highest BCUT2D eigenvalue weighted by molar-refractivity contribution is 7.89. The van der Waals surface area contributed by atoms with E-state index in [1.807, 2.05) is 36.4 Å². The molecule has 6 heterocycles. The number of pyridine rings is 1. The largest absolute Gasteiger partial charge is 0.383 e. The lowest BCUT2D eigenvalue weighted by atomic mass is 9.84. The molecule has 45 heavy (non-hydrogen) atoms. The van der Waals surface area contributed by atoms with Crippen LogP contribution in [0.3, 0.4) is 0 Å². The summed E-state index contributed by atoms with van der Waals surface area (Å²) in [7, 11) is -4.26. The summed E-state index contributed by atoms with van der Waals surface area (Å²) in [6, 6.07) is 13.9. The Morgan fingerprint density at radius 1 is 1.18 bits per heavy atom. The number of fused-ring (bicyclic) bond motifs is 3. The smallest absolute Gasteiger partial charge is 0.273 e. The molecule has 0 spiro atoms. The quantitative estimate of drug-likeness (QED) is 0.275. The molecule has 1 aromatic carbocycles. The summed E-state index contributed by atoms with van der Waals surface area (Å²) in [6.07, 6.45) is 5.24. The molecular formula is C31H26ClFN6O5S. The topological polar surface area (TPSA) is 154 Å². The molecule has 1 amide bonds. The number of nitrogens with zero attached hydrogens (tertiary/aromatic N) is 5. The van der Waals surface area contributed by atoms with Gasteiger partial charge in [0.15, 0.2) is 5.76 Å². The van der Waals surface area contributed by atoms with Crippen molar-refractivity contribution < 1.29 is 27.2 Å². The van der Waals surface area contributed by atoms with Gasteiger partial charge in [0.05, 0.1) is 10.7 Å². The number of piperidine rings is 1. The second-order valence-corrected chi connectivity index (χ2v) is 13.6. The lowest BCUT2D eigenvalue weighted by Gasteiger charge is -2.41. The van der Waals surface area contributed by atoms with Gasteiger partial charge < -0.3 is 19.5 Å². The van der Waals surface area contributed by atoms with E-state index in [1.54, 1.807) is 18.2 Å². The molecule has 0 radical (unpaired) electrons. The molecule has 2 unspecified atom stereocenters. The molecule has 2 N–H and O–H groups in total. The zero-order chi connectivity index (χ0) is 31.5. The number of carbonyl (C=O) groups excluding carboxylic acids is 1. The normalized spacial score (nSPS) is 22.6. The molecule has 2 fully saturated rings. The van der Waals surface area contributed by atoms with Crippen LogP contribution in [0.4, 0.5) is 10.1 Å². The number of aromatic nitrogens is 3. The van der Waals surface area contributed by atoms with Crippen LogP contribution in [-0.2, 0) is 22.2 Å². The van der Waals surface area contributed by atoms with E-state index in [-0.39, 0.29) is 45.5 Å². The van der Waals surface area contributed by atoms with Gasteiger partial charge in [0, 0.05) is 42.0 Å². The number of sulfonamides is 1. The number of nitriles is 1. The van der Waals surface area contributed by atoms with Crippen LogP contribution in [0.2, 0.25) is 5.02 Å². The molecule has 2 atom stereocenters. The summed E-state index contributed by atoms with van der Waals surface area (Å²) in [4.78, 5) is 16.7. The van der Waals surface area contributed by atoms with E-state index in [1.165, 1.54) is 14.9 Å². The van der Waals surface area contributed by atoms with Gasteiger partial charge in [0.25, 0.3) is 5.91 Å². The molecular weight excluding hydrogens is 623 g/mol. The minimum absolute atomic E-state index is 0.0249. The van der Waals surface area contributed by atoms with Gasteiger partial charge in [-0.15, -0.1) is 0 Å². The lowest BCUT2D eigenvalue weighted by molar-refractivity contribution is -0.0393. The van der Waals surface area contributed by atoms with E-state index in [0.29, 0.717) is 37.3 Å². The van der Waals surface area contributed by atoms with Crippen LogP contribution in [0.25, 0.3) is 17.4 Å². The monoisotopic (exact) mass is 648 g/mol. The zero-order valence-corrected chi connectivity index (χ0v) is 25.2. The molecule has 3 aliphatic heterocycles. The maximum atomic E-state index is 14.5. The molecule has 230 valence electrons. The Morgan fingerprint density at radius 2 is 1.91 bits per heavy atom. The van der Waals surface area contributed by atoms with E-state index >= 15 is 0 Å². The SMILES string of the molecule is N#Cc1cc(NC(=O)c2c(Cl)c(S(=O)(=O)N3C4CCC3CC(O)(c3cc(-c5ccccc5)on3)C4)c3n2CCC=C3)cc(F)n1. The Hall–Kier alpha value is -4.35. The number of nitrogens with one attached hydrogen (secondary N) is 1. The highest BCUT2D eigenvalue weighted by atomic mass is 35.5. The molecule has 0 aliphatic carbocycles. The zero-order valence-electron chi connectivity index (χ0n) is 23.7. The lowest BCUT2D eigenvalue weighted by Crippen LogP contribution is -2.52. The first-order valence-corrected chi connectivity index (χ1v) is 16.2. The Balaban J connectivity index is 1.21. The molecule has 2 saturated heterocycles. The number of benzene rings is 1. The summed E-state index contributed by atoms with van der Waals surface area (Å²) >= 11 is 6.77. The molecule has 7 rings (SSSR count). The number of anilines is 1. The van der Waals surface area contributed by atoms with Crippen LogP contribution in [-0.4, -0.2) is 50.5 Å². The molecule has 14 heteroatoms. The average Bonchev–Trinajstić information content (AvgIpc) is 3.71. The summed E-state index contributed by atoms with van der Waals surface area (Å²) in [5.41, 5.74) is -0.329. The van der Waals surface area contributed by atoms with Crippen molar-refractivity contribution in [2.24, 2.45) is 0 Å². The van der Waals surface area contributed by atoms with Crippen molar-refractivity contribution in [2.75, 3.05) is 5.32 Å². The average molecular weight is 649 g/mol. The van der Waals surface area contributed by atoms with Crippen molar-refractivity contribution in [2.45, 2.75) is 61.2 Å². The number of amides is 1. The van der Waals surface area contributed by atoms with Gasteiger partial charge in [-0.2, -0.15) is 14.0 Å². The summed E-state index contributed by atoms with van der Waals surface area (Å²) in [5.74, 6) is -1.21. The Bertz CT molecular complexity index is 2000. The first-order valence-electron chi connectivity index (χ1n) is 14.3. The van der Waals surface area contributed by atoms with Gasteiger partial charge in [0.1, 0.15) is 33.6 Å². The standard InChI is InChI=1S/C31H26ClFN6O5S/c32-27-28(30(40)36-19-12-20(17-34)35-26(33)13-19)38-11-5-4-8-23(38)29(27)45(42,43)39-21-9-10-22(39)16-31(41,15-21)25-14-24(44-37-25)18-6-2-1-3-7-18/h1-4,6-8,12-14,21-22,41H,5,9-11,15-16H2,(H,35,36,40). The summed E-state index contributed by atoms with van der Waals surface area (Å²) < 4.78 is 51.3. The van der Waals surface area contributed by atoms with Crippen molar-refractivity contribution in [1.82, 2.24) is 19.0 Å². The minimum atomic E-state index is -4.26. The van der Waals surface area contributed by atoms with Gasteiger partial charge >= 0.3 is 0 Å². The number of aliphatic hydroxyl groups is 1. The molecule has 3 aliphatic rings. The van der Waals surface area contributed by atoms with Crippen molar-refractivity contribution in [3.63, 3.8) is 0 Å². The predicted octanol–water partition coefficient (Wildman–Crippen LogP) is 5.07. The van der Waals surface area contributed by atoms with Crippen LogP contribution in [0.15, 0.2) is 64.0 Å². The van der Waals surface area contributed by atoms with E-state index in [4.69, 9.17) is 21.4 Å². The third kappa shape index (κ3) is 4.94. The second kappa shape index (κ2) is 10.9. The van der Waals surface area contributed by atoms with Crippen molar-refractivity contribution in [1.29, 1.82) is 5.26 Å². The number of carbonyl (C=O) groups is 1. The third-order valence-corrected chi connectivity index (χ3v) is 11.2. The third-order valence-electron chi connectivity index (χ3n) is 8.66. The van der Waals surface area contributed by atoms with Gasteiger partial charge in [-0.3, -0.25) is 4.79 Å². The van der Waals surface area contributed by atoms with Crippen molar-refractivity contribution >= 4 is 39.3 Å². The second-order valence-electron chi connectivity index (χ2n) is 11.5. The molecule has 11 nitrogen and oxygen atoms in total. The Morgan fingerprint density at radius 3 is 2.62 bits per heavy atom. The Kier molecular flexibility index (Phi) is 7.13. The fourth-order valence-electron chi connectivity index (χ4n) is 6.79. The predicted molar refractivity (Wildman–Crippen MR) is 161 cm³/mol. The van der Waals surface area contributed by atoms with Gasteiger partial charge in [-0.05, 0) is 44.2 Å². The van der Waals surface area contributed by atoms with E-state index in [0.717, 1.165) is 11.6 Å². The highest BCUT2D eigenvalue weighted by Crippen LogP contribution is 2.49. The Labute approximate surface area is 262 Å². The summed E-state index contributed by atoms with van der Waals surface area (Å²) in [5, 5.41) is 27.3. The van der Waals surface area contributed by atoms with Crippen LogP contribution < -0.4 is 5.32 Å². The number of hydrogen-bond acceptors (Lipinski definition) is 8. The number of rotatable bonds is 6. The number of allylic oxidation sites excluding steroid dienone is 1. The van der Waals surface area contributed by atoms with Gasteiger partial charge in [-0.25, -0.2) is 13.4 Å². The van der Waals surface area contributed by atoms with Crippen LogP contribution in [0, 0.1) is 17.3 Å². The van der Waals surface area contributed by atoms with Crippen LogP contribution >= 0.6 is 11.6 Å². The van der Waals surface area contributed by atoms with E-state index < -0.39 is 39.6 Å². The van der Waals surface area contributed by atoms with Crippen LogP contribution in [0.1, 0.15) is 59.7 Å². The summed E-state index contributed by atoms with van der Waals surface area (Å²) in [6.45, 7) is 0.292. The van der Waals surface area contributed by atoms with E-state index in [9.17, 15) is 22.7 Å². The first kappa shape index (κ1) is 29.4. The highest BCUT2D eigenvalue weighted by Gasteiger charge is 2.55.